The summed E-state index contributed by atoms with van der Waals surface area (Å²) in [4.78, 5) is 35.9. The first-order valence-corrected chi connectivity index (χ1v) is 11.7. The van der Waals surface area contributed by atoms with E-state index in [4.69, 9.17) is 11.6 Å². The van der Waals surface area contributed by atoms with E-state index >= 15 is 0 Å². The molecule has 0 saturated heterocycles. The maximum absolute atomic E-state index is 12.9. The number of nitro groups is 1. The topological polar surface area (TPSA) is 119 Å². The second-order valence-corrected chi connectivity index (χ2v) is 8.78. The standard InChI is InChI=1S/C22H20ClN5O4S/c23-18-7-6-15(28(31)32)10-16(18)22(30)25-21-17-12-33-13-19(17)26-27(21)11-20(29)24-9-8-14-4-2-1-3-5-14/h1-7,10H,8-9,11-13H2,(H,24,29)(H,25,30). The normalized spacial score (nSPS) is 12.3. The van der Waals surface area contributed by atoms with Crippen LogP contribution in [-0.4, -0.2) is 33.1 Å². The van der Waals surface area contributed by atoms with Crippen LogP contribution >= 0.6 is 23.4 Å². The van der Waals surface area contributed by atoms with Crippen LogP contribution in [0, 0.1) is 10.1 Å². The molecule has 4 rings (SSSR count). The van der Waals surface area contributed by atoms with Crippen LogP contribution in [0.3, 0.4) is 0 Å². The number of rotatable bonds is 8. The number of anilines is 1. The Labute approximate surface area is 198 Å². The highest BCUT2D eigenvalue weighted by atomic mass is 35.5. The number of carbonyl (C=O) groups excluding carboxylic acids is 2. The average Bonchev–Trinajstić information content (AvgIpc) is 3.37. The van der Waals surface area contributed by atoms with Gasteiger partial charge in [0.1, 0.15) is 12.4 Å². The molecule has 170 valence electrons. The summed E-state index contributed by atoms with van der Waals surface area (Å²) in [5.41, 5.74) is 2.50. The number of thioether (sulfide) groups is 1. The summed E-state index contributed by atoms with van der Waals surface area (Å²) in [7, 11) is 0. The third-order valence-electron chi connectivity index (χ3n) is 5.13. The van der Waals surface area contributed by atoms with Crippen molar-refractivity contribution in [2.75, 3.05) is 11.9 Å². The molecule has 9 nitrogen and oxygen atoms in total. The first-order chi connectivity index (χ1) is 15.9. The number of nitro benzene ring substituents is 1. The van der Waals surface area contributed by atoms with E-state index in [9.17, 15) is 19.7 Å². The van der Waals surface area contributed by atoms with Gasteiger partial charge in [-0.05, 0) is 18.1 Å². The summed E-state index contributed by atoms with van der Waals surface area (Å²) in [6.07, 6.45) is 0.702. The highest BCUT2D eigenvalue weighted by molar-refractivity contribution is 7.98. The van der Waals surface area contributed by atoms with E-state index in [1.54, 1.807) is 11.8 Å². The fourth-order valence-corrected chi connectivity index (χ4v) is 4.72. The van der Waals surface area contributed by atoms with Crippen molar-refractivity contribution < 1.29 is 14.5 Å². The molecule has 3 aromatic rings. The molecular formula is C22H20ClN5O4S. The Morgan fingerprint density at radius 2 is 1.97 bits per heavy atom. The quantitative estimate of drug-likeness (QED) is 0.370. The molecule has 0 spiro atoms. The summed E-state index contributed by atoms with van der Waals surface area (Å²) in [5.74, 6) is 0.889. The first kappa shape index (κ1) is 22.8. The Hall–Kier alpha value is -3.37. The Morgan fingerprint density at radius 1 is 1.18 bits per heavy atom. The van der Waals surface area contributed by atoms with Crippen LogP contribution in [0.4, 0.5) is 11.5 Å². The summed E-state index contributed by atoms with van der Waals surface area (Å²) in [5, 5.41) is 21.3. The molecule has 0 saturated carbocycles. The predicted molar refractivity (Wildman–Crippen MR) is 126 cm³/mol. The van der Waals surface area contributed by atoms with Crippen LogP contribution in [-0.2, 0) is 29.3 Å². The molecule has 0 radical (unpaired) electrons. The zero-order chi connectivity index (χ0) is 23.4. The predicted octanol–water partition coefficient (Wildman–Crippen LogP) is 3.80. The number of benzene rings is 2. The number of non-ortho nitro benzene ring substituents is 1. The van der Waals surface area contributed by atoms with Crippen LogP contribution < -0.4 is 10.6 Å². The molecule has 0 atom stereocenters. The lowest BCUT2D eigenvalue weighted by atomic mass is 10.1. The lowest BCUT2D eigenvalue weighted by Crippen LogP contribution is -2.30. The fraction of sp³-hybridized carbons (Fsp3) is 0.227. The molecule has 0 bridgehead atoms. The van der Waals surface area contributed by atoms with Crippen molar-refractivity contribution in [1.82, 2.24) is 15.1 Å². The zero-order valence-corrected chi connectivity index (χ0v) is 19.0. The minimum atomic E-state index is -0.603. The van der Waals surface area contributed by atoms with Crippen LogP contribution in [0.25, 0.3) is 0 Å². The molecule has 33 heavy (non-hydrogen) atoms. The van der Waals surface area contributed by atoms with Gasteiger partial charge >= 0.3 is 0 Å². The van der Waals surface area contributed by atoms with Crippen LogP contribution in [0.15, 0.2) is 48.5 Å². The molecular weight excluding hydrogens is 466 g/mol. The summed E-state index contributed by atoms with van der Waals surface area (Å²) in [6.45, 7) is 0.412. The maximum Gasteiger partial charge on any atom is 0.270 e. The van der Waals surface area contributed by atoms with E-state index < -0.39 is 10.8 Å². The number of nitrogens with one attached hydrogen (secondary N) is 2. The molecule has 1 aliphatic rings. The molecule has 2 aromatic carbocycles. The Balaban J connectivity index is 1.48. The van der Waals surface area contributed by atoms with E-state index in [1.165, 1.54) is 16.8 Å². The summed E-state index contributed by atoms with van der Waals surface area (Å²) < 4.78 is 1.46. The van der Waals surface area contributed by atoms with Gasteiger partial charge in [-0.15, -0.1) is 0 Å². The molecule has 11 heteroatoms. The number of nitrogens with zero attached hydrogens (tertiary/aromatic N) is 3. The molecule has 2 amide bonds. The van der Waals surface area contributed by atoms with Gasteiger partial charge in [0.05, 0.1) is 21.2 Å². The number of halogens is 1. The molecule has 1 aromatic heterocycles. The van der Waals surface area contributed by atoms with E-state index in [0.29, 0.717) is 30.3 Å². The summed E-state index contributed by atoms with van der Waals surface area (Å²) in [6, 6.07) is 13.5. The van der Waals surface area contributed by atoms with E-state index in [-0.39, 0.29) is 28.7 Å². The second-order valence-electron chi connectivity index (χ2n) is 7.39. The van der Waals surface area contributed by atoms with E-state index in [2.05, 4.69) is 15.7 Å². The number of hydrogen-bond donors (Lipinski definition) is 2. The van der Waals surface area contributed by atoms with Crippen molar-refractivity contribution in [3.63, 3.8) is 0 Å². The Bertz CT molecular complexity index is 1210. The van der Waals surface area contributed by atoms with Gasteiger partial charge in [-0.3, -0.25) is 19.7 Å². The monoisotopic (exact) mass is 485 g/mol. The molecule has 2 heterocycles. The molecule has 0 unspecified atom stereocenters. The van der Waals surface area contributed by atoms with Crippen molar-refractivity contribution in [1.29, 1.82) is 0 Å². The second kappa shape index (κ2) is 10.1. The SMILES string of the molecule is O=C(Cn1nc2c(c1NC(=O)c1cc([N+](=O)[O-])ccc1Cl)CSC2)NCCc1ccccc1. The van der Waals surface area contributed by atoms with Crippen molar-refractivity contribution in [3.8, 4) is 0 Å². The lowest BCUT2D eigenvalue weighted by molar-refractivity contribution is -0.384. The van der Waals surface area contributed by atoms with E-state index in [1.807, 2.05) is 30.3 Å². The molecule has 0 fully saturated rings. The highest BCUT2D eigenvalue weighted by Crippen LogP contribution is 2.35. The first-order valence-electron chi connectivity index (χ1n) is 10.1. The zero-order valence-electron chi connectivity index (χ0n) is 17.4. The smallest absolute Gasteiger partial charge is 0.270 e. The minimum absolute atomic E-state index is 0.0228. The minimum Gasteiger partial charge on any atom is -0.354 e. The van der Waals surface area contributed by atoms with Crippen LogP contribution in [0.2, 0.25) is 5.02 Å². The van der Waals surface area contributed by atoms with E-state index in [0.717, 1.165) is 22.9 Å². The van der Waals surface area contributed by atoms with Crippen LogP contribution in [0.5, 0.6) is 0 Å². The van der Waals surface area contributed by atoms with Crippen molar-refractivity contribution >= 4 is 46.7 Å². The largest absolute Gasteiger partial charge is 0.354 e. The Morgan fingerprint density at radius 3 is 2.73 bits per heavy atom. The van der Waals surface area contributed by atoms with Crippen LogP contribution in [0.1, 0.15) is 27.2 Å². The van der Waals surface area contributed by atoms with Crippen molar-refractivity contribution in [2.45, 2.75) is 24.5 Å². The molecule has 2 N–H and O–H groups in total. The lowest BCUT2D eigenvalue weighted by Gasteiger charge is -2.12. The number of fused-ring (bicyclic) bond motifs is 1. The molecule has 0 aliphatic carbocycles. The Kier molecular flexibility index (Phi) is 6.95. The number of carbonyl (C=O) groups is 2. The van der Waals surface area contributed by atoms with Gasteiger partial charge in [-0.2, -0.15) is 16.9 Å². The van der Waals surface area contributed by atoms with Gasteiger partial charge in [0, 0.05) is 35.7 Å². The van der Waals surface area contributed by atoms with Gasteiger partial charge in [-0.1, -0.05) is 41.9 Å². The number of aromatic nitrogens is 2. The number of hydrogen-bond acceptors (Lipinski definition) is 6. The van der Waals surface area contributed by atoms with Gasteiger partial charge in [-0.25, -0.2) is 4.68 Å². The van der Waals surface area contributed by atoms with Gasteiger partial charge < -0.3 is 10.6 Å². The van der Waals surface area contributed by atoms with Gasteiger partial charge in [0.25, 0.3) is 11.6 Å². The third kappa shape index (κ3) is 5.35. The average molecular weight is 486 g/mol. The van der Waals surface area contributed by atoms with Crippen molar-refractivity contribution in [2.24, 2.45) is 0 Å². The van der Waals surface area contributed by atoms with Gasteiger partial charge in [0.15, 0.2) is 0 Å². The molecule has 1 aliphatic heterocycles. The maximum atomic E-state index is 12.9. The third-order valence-corrected chi connectivity index (χ3v) is 6.43. The van der Waals surface area contributed by atoms with Crippen molar-refractivity contribution in [3.05, 3.63) is 86.1 Å². The van der Waals surface area contributed by atoms with Gasteiger partial charge in [0.2, 0.25) is 5.91 Å². The highest BCUT2D eigenvalue weighted by Gasteiger charge is 2.26. The fourth-order valence-electron chi connectivity index (χ4n) is 3.48. The summed E-state index contributed by atoms with van der Waals surface area (Å²) >= 11 is 7.76. The number of amides is 2.